The van der Waals surface area contributed by atoms with E-state index in [1.807, 2.05) is 30.3 Å². The van der Waals surface area contributed by atoms with E-state index in [9.17, 15) is 5.21 Å². The Morgan fingerprint density at radius 1 is 1.09 bits per heavy atom. The Hall–Kier alpha value is -0.570. The van der Waals surface area contributed by atoms with E-state index < -0.39 is 0 Å². The molecule has 11 heavy (non-hydrogen) atoms. The molecular formula is C8H12ClNO. The first kappa shape index (κ1) is 10.4. The second-order valence-electron chi connectivity index (χ2n) is 2.69. The van der Waals surface area contributed by atoms with E-state index in [4.69, 9.17) is 0 Å². The Morgan fingerprint density at radius 3 is 1.82 bits per heavy atom. The van der Waals surface area contributed by atoms with Gasteiger partial charge in [-0.15, -0.1) is 12.4 Å². The average molecular weight is 174 g/mol. The molecule has 0 aliphatic carbocycles. The third-order valence-corrected chi connectivity index (χ3v) is 1.38. The number of quaternary nitrogens is 1. The van der Waals surface area contributed by atoms with Crippen LogP contribution in [0.5, 0.6) is 0 Å². The molecule has 0 radical (unpaired) electrons. The van der Waals surface area contributed by atoms with E-state index in [0.717, 1.165) is 5.69 Å². The van der Waals surface area contributed by atoms with Gasteiger partial charge in [0.1, 0.15) is 5.69 Å². The lowest BCUT2D eigenvalue weighted by molar-refractivity contribution is 0.543. The molecule has 0 aromatic heterocycles. The number of hydroxylamine groups is 2. The van der Waals surface area contributed by atoms with Crippen molar-refractivity contribution >= 4 is 18.1 Å². The minimum Gasteiger partial charge on any atom is -0.628 e. The highest BCUT2D eigenvalue weighted by atomic mass is 35.5. The van der Waals surface area contributed by atoms with Crippen molar-refractivity contribution in [2.24, 2.45) is 0 Å². The van der Waals surface area contributed by atoms with Gasteiger partial charge in [0, 0.05) is 0 Å². The standard InChI is InChI=1S/C8H11NO.ClH/c1-9(2,10)8-6-4-3-5-7-8;/h3-7H,1-2H3;1H. The highest BCUT2D eigenvalue weighted by Gasteiger charge is 2.03. The van der Waals surface area contributed by atoms with Crippen LogP contribution < -0.4 is 4.65 Å². The second-order valence-corrected chi connectivity index (χ2v) is 2.69. The molecule has 0 aliphatic heterocycles. The van der Waals surface area contributed by atoms with Gasteiger partial charge in [0.2, 0.25) is 0 Å². The van der Waals surface area contributed by atoms with Crippen LogP contribution in [0.15, 0.2) is 30.3 Å². The smallest absolute Gasteiger partial charge is 0.132 e. The molecule has 62 valence electrons. The SMILES string of the molecule is C[N+](C)([O-])c1ccccc1.Cl. The minimum atomic E-state index is -0.360. The van der Waals surface area contributed by atoms with Crippen molar-refractivity contribution < 1.29 is 0 Å². The molecule has 0 heterocycles. The lowest BCUT2D eigenvalue weighted by atomic mass is 10.3. The largest absolute Gasteiger partial charge is 0.628 e. The summed E-state index contributed by atoms with van der Waals surface area (Å²) in [4.78, 5) is 0. The quantitative estimate of drug-likeness (QED) is 0.472. The summed E-state index contributed by atoms with van der Waals surface area (Å²) in [7, 11) is 3.21. The van der Waals surface area contributed by atoms with Crippen molar-refractivity contribution in [2.45, 2.75) is 0 Å². The number of benzene rings is 1. The fourth-order valence-corrected chi connectivity index (χ4v) is 0.787. The predicted octanol–water partition coefficient (Wildman–Crippen LogP) is 2.17. The van der Waals surface area contributed by atoms with Gasteiger partial charge in [0.15, 0.2) is 0 Å². The van der Waals surface area contributed by atoms with Gasteiger partial charge in [-0.2, -0.15) is 0 Å². The van der Waals surface area contributed by atoms with Crippen LogP contribution in [0.25, 0.3) is 0 Å². The Balaban J connectivity index is 0.000001000. The summed E-state index contributed by atoms with van der Waals surface area (Å²) in [6.07, 6.45) is 0. The van der Waals surface area contributed by atoms with E-state index in [1.165, 1.54) is 0 Å². The van der Waals surface area contributed by atoms with E-state index in [1.54, 1.807) is 14.1 Å². The molecule has 0 spiro atoms. The Bertz CT molecular complexity index is 205. The third-order valence-electron chi connectivity index (χ3n) is 1.38. The highest BCUT2D eigenvalue weighted by molar-refractivity contribution is 5.85. The lowest BCUT2D eigenvalue weighted by Gasteiger charge is -2.32. The first-order valence-corrected chi connectivity index (χ1v) is 3.21. The molecule has 0 unspecified atom stereocenters. The van der Waals surface area contributed by atoms with Gasteiger partial charge in [-0.1, -0.05) is 18.2 Å². The first-order valence-electron chi connectivity index (χ1n) is 3.21. The fourth-order valence-electron chi connectivity index (χ4n) is 0.787. The summed E-state index contributed by atoms with van der Waals surface area (Å²) < 4.78 is -0.360. The molecule has 0 saturated carbocycles. The molecule has 2 nitrogen and oxygen atoms in total. The monoisotopic (exact) mass is 173 g/mol. The predicted molar refractivity (Wildman–Crippen MR) is 50.7 cm³/mol. The van der Waals surface area contributed by atoms with Gasteiger partial charge < -0.3 is 9.85 Å². The van der Waals surface area contributed by atoms with Crippen molar-refractivity contribution in [2.75, 3.05) is 14.1 Å². The van der Waals surface area contributed by atoms with E-state index in [2.05, 4.69) is 0 Å². The third kappa shape index (κ3) is 2.89. The number of halogens is 1. The van der Waals surface area contributed by atoms with Crippen molar-refractivity contribution in [3.8, 4) is 0 Å². The summed E-state index contributed by atoms with van der Waals surface area (Å²) >= 11 is 0. The van der Waals surface area contributed by atoms with E-state index in [0.29, 0.717) is 0 Å². The zero-order valence-corrected chi connectivity index (χ0v) is 7.47. The van der Waals surface area contributed by atoms with Gasteiger partial charge in [0.25, 0.3) is 0 Å². The average Bonchev–Trinajstić information content (AvgIpc) is 1.88. The van der Waals surface area contributed by atoms with Crippen LogP contribution >= 0.6 is 12.4 Å². The summed E-state index contributed by atoms with van der Waals surface area (Å²) in [6, 6.07) is 9.29. The lowest BCUT2D eigenvalue weighted by Crippen LogP contribution is -2.32. The molecule has 1 rings (SSSR count). The van der Waals surface area contributed by atoms with Crippen LogP contribution in [0, 0.1) is 5.21 Å². The molecule has 0 saturated heterocycles. The maximum absolute atomic E-state index is 11.2. The van der Waals surface area contributed by atoms with Gasteiger partial charge >= 0.3 is 0 Å². The summed E-state index contributed by atoms with van der Waals surface area (Å²) in [5, 5.41) is 11.2. The number of rotatable bonds is 1. The van der Waals surface area contributed by atoms with Gasteiger partial charge in [-0.3, -0.25) is 0 Å². The van der Waals surface area contributed by atoms with E-state index >= 15 is 0 Å². The molecule has 0 N–H and O–H groups in total. The summed E-state index contributed by atoms with van der Waals surface area (Å²) in [5.41, 5.74) is 0.780. The van der Waals surface area contributed by atoms with Gasteiger partial charge in [-0.25, -0.2) is 0 Å². The number of para-hydroxylation sites is 1. The van der Waals surface area contributed by atoms with Crippen molar-refractivity contribution in [1.29, 1.82) is 0 Å². The van der Waals surface area contributed by atoms with E-state index in [-0.39, 0.29) is 17.1 Å². The van der Waals surface area contributed by atoms with Gasteiger partial charge in [-0.05, 0) is 12.1 Å². The molecule has 0 amide bonds. The molecule has 0 atom stereocenters. The molecular weight excluding hydrogens is 162 g/mol. The highest BCUT2D eigenvalue weighted by Crippen LogP contribution is 2.15. The number of nitrogens with zero attached hydrogens (tertiary/aromatic N) is 1. The van der Waals surface area contributed by atoms with Crippen molar-refractivity contribution in [3.05, 3.63) is 35.5 Å². The van der Waals surface area contributed by atoms with Crippen LogP contribution in [0.3, 0.4) is 0 Å². The van der Waals surface area contributed by atoms with Gasteiger partial charge in [0.05, 0.1) is 14.1 Å². The maximum atomic E-state index is 11.2. The van der Waals surface area contributed by atoms with Crippen molar-refractivity contribution in [3.63, 3.8) is 0 Å². The fraction of sp³-hybridized carbons (Fsp3) is 0.250. The van der Waals surface area contributed by atoms with Crippen molar-refractivity contribution in [1.82, 2.24) is 4.65 Å². The Kier molecular flexibility index (Phi) is 3.52. The summed E-state index contributed by atoms with van der Waals surface area (Å²) in [5.74, 6) is 0. The zero-order valence-electron chi connectivity index (χ0n) is 6.65. The number of hydrogen-bond acceptors (Lipinski definition) is 1. The topological polar surface area (TPSA) is 23.1 Å². The second kappa shape index (κ2) is 3.72. The molecule has 0 bridgehead atoms. The molecule has 0 fully saturated rings. The first-order chi connectivity index (χ1) is 4.61. The molecule has 3 heteroatoms. The zero-order chi connectivity index (χ0) is 7.61. The van der Waals surface area contributed by atoms with Crippen LogP contribution in [-0.2, 0) is 0 Å². The van der Waals surface area contributed by atoms with Crippen LogP contribution in [0.1, 0.15) is 0 Å². The minimum absolute atomic E-state index is 0. The van der Waals surface area contributed by atoms with Crippen LogP contribution in [0.2, 0.25) is 0 Å². The normalized spacial score (nSPS) is 10.5. The van der Waals surface area contributed by atoms with Crippen LogP contribution in [0.4, 0.5) is 5.69 Å². The molecule has 0 aliphatic rings. The number of hydrogen-bond donors (Lipinski definition) is 0. The maximum Gasteiger partial charge on any atom is 0.132 e. The summed E-state index contributed by atoms with van der Waals surface area (Å²) in [6.45, 7) is 0. The van der Waals surface area contributed by atoms with Crippen LogP contribution in [-0.4, -0.2) is 14.1 Å². The Labute approximate surface area is 73.0 Å². The molecule has 1 aromatic carbocycles. The molecule has 1 aromatic rings. The Morgan fingerprint density at radius 2 is 1.55 bits per heavy atom.